The van der Waals surface area contributed by atoms with Gasteiger partial charge < -0.3 is 9.47 Å². The van der Waals surface area contributed by atoms with Crippen molar-refractivity contribution in [1.82, 2.24) is 0 Å². The summed E-state index contributed by atoms with van der Waals surface area (Å²) in [6.45, 7) is 24.1. The van der Waals surface area contributed by atoms with Crippen LogP contribution >= 0.6 is 0 Å². The summed E-state index contributed by atoms with van der Waals surface area (Å²) in [4.78, 5) is 0. The van der Waals surface area contributed by atoms with E-state index in [1.54, 1.807) is 14.2 Å². The third-order valence-corrected chi connectivity index (χ3v) is 4.25. The van der Waals surface area contributed by atoms with Crippen molar-refractivity contribution in [3.05, 3.63) is 54.9 Å². The van der Waals surface area contributed by atoms with Crippen LogP contribution in [-0.4, -0.2) is 14.2 Å². The molecular formula is C20H24CrO5. The molecular weight excluding hydrogens is 372 g/mol. The maximum absolute atomic E-state index is 7.50. The Morgan fingerprint density at radius 1 is 1.04 bits per heavy atom. The molecule has 0 bridgehead atoms. The first-order valence-corrected chi connectivity index (χ1v) is 7.53. The number of allylic oxidation sites excluding steroid dienone is 1. The Hall–Kier alpha value is -1.69. The molecule has 1 aromatic carbocycles. The molecule has 140 valence electrons. The van der Waals surface area contributed by atoms with Crippen molar-refractivity contribution in [3.63, 3.8) is 0 Å². The van der Waals surface area contributed by atoms with Crippen LogP contribution in [0.5, 0.6) is 11.5 Å². The molecule has 5 nitrogen and oxygen atoms in total. The summed E-state index contributed by atoms with van der Waals surface area (Å²) in [5.41, 5.74) is 5.06. The molecule has 0 saturated heterocycles. The van der Waals surface area contributed by atoms with Gasteiger partial charge in [0.15, 0.2) is 11.5 Å². The number of ether oxygens (including phenoxy) is 2. The largest absolute Gasteiger partial charge is 0 e. The van der Waals surface area contributed by atoms with Crippen molar-refractivity contribution in [2.24, 2.45) is 0 Å². The van der Waals surface area contributed by atoms with Gasteiger partial charge in [-0.05, 0) is 43.7 Å². The molecule has 26 heavy (non-hydrogen) atoms. The van der Waals surface area contributed by atoms with Crippen LogP contribution in [0.2, 0.25) is 0 Å². The molecule has 0 fully saturated rings. The number of hydrogen-bond acceptors (Lipinski definition) is 2. The summed E-state index contributed by atoms with van der Waals surface area (Å²) in [6, 6.07) is 2.26. The van der Waals surface area contributed by atoms with E-state index in [-0.39, 0.29) is 17.4 Å². The number of hydrogen-bond donors (Lipinski definition) is 0. The van der Waals surface area contributed by atoms with Crippen LogP contribution in [0.3, 0.4) is 0 Å². The number of aryl methyl sites for hydroxylation is 1. The minimum Gasteiger partial charge on any atom is 0 e. The molecule has 0 heterocycles. The summed E-state index contributed by atoms with van der Waals surface area (Å²) < 4.78 is 33.7. The van der Waals surface area contributed by atoms with Crippen molar-refractivity contribution >= 4 is 0 Å². The van der Waals surface area contributed by atoms with E-state index in [1.807, 2.05) is 0 Å². The maximum Gasteiger partial charge on any atom is 0 e. The van der Waals surface area contributed by atoms with Crippen LogP contribution in [0.15, 0.2) is 18.2 Å². The van der Waals surface area contributed by atoms with Crippen molar-refractivity contribution in [2.45, 2.75) is 45.4 Å². The average molecular weight is 396 g/mol. The van der Waals surface area contributed by atoms with Crippen LogP contribution in [0.25, 0.3) is 0 Å². The smallest absolute Gasteiger partial charge is 0 e. The van der Waals surface area contributed by atoms with Crippen LogP contribution < -0.4 is 9.47 Å². The van der Waals surface area contributed by atoms with Gasteiger partial charge in [-0.15, -0.1) is 0 Å². The first-order chi connectivity index (χ1) is 12.0. The van der Waals surface area contributed by atoms with E-state index in [1.165, 1.54) is 29.5 Å². The molecule has 0 saturated carbocycles. The molecule has 1 aromatic rings. The zero-order valence-electron chi connectivity index (χ0n) is 15.8. The molecule has 0 aromatic heterocycles. The number of benzene rings is 1. The topological polar surface area (TPSA) is 78.2 Å². The summed E-state index contributed by atoms with van der Waals surface area (Å²) in [5, 5.41) is 0. The third-order valence-electron chi connectivity index (χ3n) is 4.25. The van der Waals surface area contributed by atoms with Gasteiger partial charge in [-0.25, -0.2) is 0 Å². The second kappa shape index (κ2) is 15.6. The Kier molecular flexibility index (Phi) is 17.4. The fourth-order valence-corrected chi connectivity index (χ4v) is 3.29. The monoisotopic (exact) mass is 396 g/mol. The van der Waals surface area contributed by atoms with Gasteiger partial charge in [0.25, 0.3) is 0 Å². The fourth-order valence-electron chi connectivity index (χ4n) is 3.29. The van der Waals surface area contributed by atoms with E-state index >= 15 is 0 Å². The predicted molar refractivity (Wildman–Crippen MR) is 91.3 cm³/mol. The quantitative estimate of drug-likeness (QED) is 0.430. The first kappa shape index (κ1) is 29.1. The zero-order valence-corrected chi connectivity index (χ0v) is 17.1. The van der Waals surface area contributed by atoms with Crippen LogP contribution in [-0.2, 0) is 31.3 Å². The molecule has 0 radical (unpaired) electrons. The summed E-state index contributed by atoms with van der Waals surface area (Å²) in [6.07, 6.45) is 2.35. The molecule has 6 heteroatoms. The van der Waals surface area contributed by atoms with Crippen LogP contribution in [0.4, 0.5) is 0 Å². The summed E-state index contributed by atoms with van der Waals surface area (Å²) in [5.74, 6) is 2.74. The van der Waals surface area contributed by atoms with Crippen molar-refractivity contribution < 1.29 is 40.8 Å². The fraction of sp³-hybridized carbons (Fsp3) is 0.450. The second-order valence-corrected chi connectivity index (χ2v) is 5.64. The summed E-state index contributed by atoms with van der Waals surface area (Å²) in [7, 11) is 3.44. The van der Waals surface area contributed by atoms with E-state index in [0.29, 0.717) is 11.8 Å². The van der Waals surface area contributed by atoms with Crippen molar-refractivity contribution in [3.8, 4) is 11.5 Å². The number of rotatable bonds is 3. The third kappa shape index (κ3) is 6.56. The molecule has 0 amide bonds. The first-order valence-electron chi connectivity index (χ1n) is 7.53. The molecule has 0 spiro atoms. The van der Waals surface area contributed by atoms with Gasteiger partial charge in [0.1, 0.15) is 0 Å². The predicted octanol–water partition coefficient (Wildman–Crippen LogP) is 4.45. The Morgan fingerprint density at radius 3 is 1.88 bits per heavy atom. The van der Waals surface area contributed by atoms with E-state index in [0.717, 1.165) is 17.1 Å². The van der Waals surface area contributed by atoms with E-state index in [4.69, 9.17) is 23.4 Å². The van der Waals surface area contributed by atoms with E-state index in [9.17, 15) is 0 Å². The maximum atomic E-state index is 7.50. The summed E-state index contributed by atoms with van der Waals surface area (Å²) >= 11 is 0. The van der Waals surface area contributed by atoms with Crippen molar-refractivity contribution in [2.75, 3.05) is 14.2 Å². The standard InChI is InChI=1S/C17H24O2.3CO.Cr/c1-10(2)13-8-7-11(3)15-14(13)9-12(4)16(18-5)17(15)19-6;3*1-2;/h9,11,13H,1,7-8H2,2-6H3;;;;/t11-,13-;;;;/m0..../s1. The molecule has 0 aliphatic heterocycles. The Bertz CT molecular complexity index is 617. The molecule has 0 N–H and O–H groups in total. The average Bonchev–Trinajstić information content (AvgIpc) is 2.65. The second-order valence-electron chi connectivity index (χ2n) is 5.64. The van der Waals surface area contributed by atoms with Gasteiger partial charge in [-0.1, -0.05) is 25.1 Å². The molecule has 1 aliphatic rings. The van der Waals surface area contributed by atoms with Gasteiger partial charge in [-0.3, -0.25) is 0 Å². The van der Waals surface area contributed by atoms with Crippen LogP contribution in [0, 0.1) is 26.9 Å². The minimum atomic E-state index is 0. The van der Waals surface area contributed by atoms with Crippen LogP contribution in [0.1, 0.15) is 55.2 Å². The van der Waals surface area contributed by atoms with Gasteiger partial charge in [0, 0.05) is 28.8 Å². The Morgan fingerprint density at radius 2 is 1.50 bits per heavy atom. The molecule has 0 unspecified atom stereocenters. The molecule has 2 atom stereocenters. The molecule has 2 rings (SSSR count). The SMILES string of the molecule is C=C(C)[C@@H]1CC[C@H](C)c2c1cc(C)c(OC)c2OC.[C-]#[O+].[C-]#[O+].[C-]#[O+].[Cr]. The zero-order chi connectivity index (χ0) is 20.2. The van der Waals surface area contributed by atoms with Gasteiger partial charge >= 0.3 is 33.9 Å². The minimum absolute atomic E-state index is 0. The van der Waals surface area contributed by atoms with Gasteiger partial charge in [0.05, 0.1) is 14.2 Å². The van der Waals surface area contributed by atoms with Gasteiger partial charge in [0.2, 0.25) is 0 Å². The van der Waals surface area contributed by atoms with E-state index < -0.39 is 0 Å². The van der Waals surface area contributed by atoms with Crippen molar-refractivity contribution in [1.29, 1.82) is 0 Å². The number of fused-ring (bicyclic) bond motifs is 1. The number of methoxy groups -OCH3 is 2. The Balaban J connectivity index is -0.000000686. The Labute approximate surface area is 167 Å². The van der Waals surface area contributed by atoms with Gasteiger partial charge in [-0.2, -0.15) is 0 Å². The van der Waals surface area contributed by atoms with E-state index in [2.05, 4.69) is 53.4 Å². The normalized spacial score (nSPS) is 16.1. The molecule has 1 aliphatic carbocycles.